The first-order valence-corrected chi connectivity index (χ1v) is 14.0. The highest BCUT2D eigenvalue weighted by atomic mass is 79.9. The second kappa shape index (κ2) is 10.8. The summed E-state index contributed by atoms with van der Waals surface area (Å²) in [5, 5.41) is 14.0. The number of halogens is 1. The van der Waals surface area contributed by atoms with Crippen molar-refractivity contribution in [1.82, 2.24) is 10.0 Å². The van der Waals surface area contributed by atoms with Crippen LogP contribution in [0.1, 0.15) is 41.4 Å². The van der Waals surface area contributed by atoms with Crippen LogP contribution in [-0.2, 0) is 16.4 Å². The molecule has 1 heterocycles. The molecule has 3 aromatic rings. The normalized spacial score (nSPS) is 18.4. The van der Waals surface area contributed by atoms with E-state index in [-0.39, 0.29) is 16.6 Å². The van der Waals surface area contributed by atoms with Crippen molar-refractivity contribution in [3.05, 3.63) is 87.9 Å². The molecule has 0 aromatic heterocycles. The lowest BCUT2D eigenvalue weighted by molar-refractivity contribution is -0.0603. The Bertz CT molecular complexity index is 1400. The van der Waals surface area contributed by atoms with Gasteiger partial charge in [0.15, 0.2) is 0 Å². The molecule has 0 bridgehead atoms. The van der Waals surface area contributed by atoms with Crippen LogP contribution in [0.25, 0.3) is 0 Å². The summed E-state index contributed by atoms with van der Waals surface area (Å²) in [4.78, 5) is 12.8. The van der Waals surface area contributed by atoms with Crippen LogP contribution in [-0.4, -0.2) is 44.8 Å². The summed E-state index contributed by atoms with van der Waals surface area (Å²) in [5.74, 6) is 0.224. The summed E-state index contributed by atoms with van der Waals surface area (Å²) in [5.41, 5.74) is 0.692. The number of fused-ring (bicyclic) bond motifs is 1. The monoisotopic (exact) mass is 588 g/mol. The number of sulfonamides is 1. The van der Waals surface area contributed by atoms with Crippen molar-refractivity contribution in [2.45, 2.75) is 42.9 Å². The molecule has 0 spiro atoms. The molecule has 8 nitrogen and oxygen atoms in total. The van der Waals surface area contributed by atoms with E-state index in [9.17, 15) is 18.3 Å². The van der Waals surface area contributed by atoms with Gasteiger partial charge in [-0.15, -0.1) is 0 Å². The van der Waals surface area contributed by atoms with E-state index in [1.165, 1.54) is 19.2 Å². The smallest absolute Gasteiger partial charge is 0.251 e. The molecular formula is C27H29BrN2O6S. The Morgan fingerprint density at radius 3 is 2.54 bits per heavy atom. The number of aliphatic hydroxyl groups is 1. The predicted octanol–water partition coefficient (Wildman–Crippen LogP) is 3.98. The Kier molecular flexibility index (Phi) is 7.94. The van der Waals surface area contributed by atoms with E-state index >= 15 is 0 Å². The summed E-state index contributed by atoms with van der Waals surface area (Å²) in [7, 11) is -2.77. The highest BCUT2D eigenvalue weighted by Gasteiger charge is 2.45. The maximum Gasteiger partial charge on any atom is 0.251 e. The van der Waals surface area contributed by atoms with E-state index < -0.39 is 27.8 Å². The van der Waals surface area contributed by atoms with Crippen molar-refractivity contribution in [3.63, 3.8) is 0 Å². The number of nitrogens with one attached hydrogen (secondary N) is 2. The summed E-state index contributed by atoms with van der Waals surface area (Å²) in [6, 6.07) is 18.1. The van der Waals surface area contributed by atoms with E-state index in [1.54, 1.807) is 38.1 Å². The van der Waals surface area contributed by atoms with E-state index in [0.29, 0.717) is 34.3 Å². The Morgan fingerprint density at radius 1 is 1.11 bits per heavy atom. The van der Waals surface area contributed by atoms with Crippen LogP contribution in [0.3, 0.4) is 0 Å². The summed E-state index contributed by atoms with van der Waals surface area (Å²) in [6.45, 7) is 3.78. The van der Waals surface area contributed by atoms with Gasteiger partial charge in [0.1, 0.15) is 28.1 Å². The number of amides is 1. The molecule has 2 unspecified atom stereocenters. The van der Waals surface area contributed by atoms with Crippen LogP contribution in [0.15, 0.2) is 76.1 Å². The van der Waals surface area contributed by atoms with Crippen LogP contribution in [0, 0.1) is 0 Å². The second-order valence-electron chi connectivity index (χ2n) is 9.29. The number of methoxy groups -OCH3 is 1. The Morgan fingerprint density at radius 2 is 1.84 bits per heavy atom. The molecule has 3 aromatic carbocycles. The molecular weight excluding hydrogens is 560 g/mol. The molecule has 0 radical (unpaired) electrons. The van der Waals surface area contributed by atoms with Crippen molar-refractivity contribution in [1.29, 1.82) is 0 Å². The molecule has 0 fully saturated rings. The number of aliphatic hydroxyl groups excluding tert-OH is 1. The van der Waals surface area contributed by atoms with Gasteiger partial charge in [0, 0.05) is 22.1 Å². The Hall–Kier alpha value is -2.92. The Balaban J connectivity index is 1.62. The molecule has 37 heavy (non-hydrogen) atoms. The van der Waals surface area contributed by atoms with Crippen LogP contribution >= 0.6 is 15.9 Å². The summed E-state index contributed by atoms with van der Waals surface area (Å²) < 4.78 is 41.3. The number of rotatable bonds is 8. The van der Waals surface area contributed by atoms with Crippen molar-refractivity contribution >= 4 is 31.9 Å². The average Bonchev–Trinajstić information content (AvgIpc) is 2.87. The van der Waals surface area contributed by atoms with Crippen LogP contribution in [0.2, 0.25) is 0 Å². The first-order valence-electron chi connectivity index (χ1n) is 11.7. The van der Waals surface area contributed by atoms with Gasteiger partial charge in [0.25, 0.3) is 5.91 Å². The van der Waals surface area contributed by atoms with Gasteiger partial charge in [-0.25, -0.2) is 13.1 Å². The van der Waals surface area contributed by atoms with Crippen molar-refractivity contribution < 1.29 is 27.8 Å². The molecule has 2 atom stereocenters. The van der Waals surface area contributed by atoms with Gasteiger partial charge >= 0.3 is 0 Å². The maximum atomic E-state index is 13.5. The zero-order valence-electron chi connectivity index (χ0n) is 20.7. The fourth-order valence-corrected chi connectivity index (χ4v) is 6.16. The zero-order chi connectivity index (χ0) is 26.8. The standard InChI is InChI=1S/C27H29BrN2O6S/c1-27(2)25(31)24(30-37(33,34)23-16-19(28)10-12-22(23)35-3)20-15-18(9-11-21(20)36-27)26(32)29-14-13-17-7-5-4-6-8-17/h4-12,15-16,24-25,30-31H,13-14H2,1-3H3,(H,29,32). The largest absolute Gasteiger partial charge is 0.495 e. The van der Waals surface area contributed by atoms with Crippen molar-refractivity contribution in [2.24, 2.45) is 0 Å². The fraction of sp³-hybridized carbons (Fsp3) is 0.296. The molecule has 0 aliphatic carbocycles. The number of hydrogen-bond donors (Lipinski definition) is 3. The minimum Gasteiger partial charge on any atom is -0.495 e. The molecule has 4 rings (SSSR count). The lowest BCUT2D eigenvalue weighted by Gasteiger charge is -2.42. The molecule has 196 valence electrons. The predicted molar refractivity (Wildman–Crippen MR) is 143 cm³/mol. The van der Waals surface area contributed by atoms with E-state index in [1.807, 2.05) is 30.3 Å². The first kappa shape index (κ1) is 27.1. The highest BCUT2D eigenvalue weighted by Crippen LogP contribution is 2.41. The van der Waals surface area contributed by atoms with E-state index in [2.05, 4.69) is 26.0 Å². The summed E-state index contributed by atoms with van der Waals surface area (Å²) in [6.07, 6.45) is -0.575. The molecule has 0 saturated carbocycles. The molecule has 1 amide bonds. The van der Waals surface area contributed by atoms with Crippen molar-refractivity contribution in [3.8, 4) is 11.5 Å². The lowest BCUT2D eigenvalue weighted by Crippen LogP contribution is -2.53. The van der Waals surface area contributed by atoms with Crippen LogP contribution in [0.5, 0.6) is 11.5 Å². The molecule has 0 saturated heterocycles. The number of carbonyl (C=O) groups is 1. The van der Waals surface area contributed by atoms with Gasteiger partial charge in [0.05, 0.1) is 13.2 Å². The number of benzene rings is 3. The average molecular weight is 590 g/mol. The molecule has 1 aliphatic rings. The SMILES string of the molecule is COc1ccc(Br)cc1S(=O)(=O)NC1c2cc(C(=O)NCCc3ccccc3)ccc2OC(C)(C)C1O. The number of carbonyl (C=O) groups excluding carboxylic acids is 1. The van der Waals surface area contributed by atoms with E-state index in [4.69, 9.17) is 9.47 Å². The van der Waals surface area contributed by atoms with E-state index in [0.717, 1.165) is 5.56 Å². The van der Waals surface area contributed by atoms with Gasteiger partial charge in [-0.1, -0.05) is 46.3 Å². The molecule has 10 heteroatoms. The van der Waals surface area contributed by atoms with Gasteiger partial charge in [-0.2, -0.15) is 0 Å². The lowest BCUT2D eigenvalue weighted by atomic mass is 9.86. The minimum absolute atomic E-state index is 0.0859. The van der Waals surface area contributed by atoms with Gasteiger partial charge in [-0.05, 0) is 62.2 Å². The molecule has 3 N–H and O–H groups in total. The quantitative estimate of drug-likeness (QED) is 0.367. The topological polar surface area (TPSA) is 114 Å². The van der Waals surface area contributed by atoms with Gasteiger partial charge in [0.2, 0.25) is 10.0 Å². The fourth-order valence-electron chi connectivity index (χ4n) is 4.23. The third-order valence-corrected chi connectivity index (χ3v) is 8.20. The summed E-state index contributed by atoms with van der Waals surface area (Å²) >= 11 is 3.30. The number of ether oxygens (including phenoxy) is 2. The third-order valence-electron chi connectivity index (χ3n) is 6.25. The highest BCUT2D eigenvalue weighted by molar-refractivity contribution is 9.10. The third kappa shape index (κ3) is 5.98. The first-order chi connectivity index (χ1) is 17.5. The second-order valence-corrected chi connectivity index (χ2v) is 11.9. The zero-order valence-corrected chi connectivity index (χ0v) is 23.1. The molecule has 1 aliphatic heterocycles. The van der Waals surface area contributed by atoms with Gasteiger partial charge in [-0.3, -0.25) is 4.79 Å². The maximum absolute atomic E-state index is 13.5. The number of hydrogen-bond acceptors (Lipinski definition) is 6. The van der Waals surface area contributed by atoms with Crippen molar-refractivity contribution in [2.75, 3.05) is 13.7 Å². The minimum atomic E-state index is -4.15. The van der Waals surface area contributed by atoms with Gasteiger partial charge < -0.3 is 19.9 Å². The Labute approximate surface area is 225 Å². The van der Waals surface area contributed by atoms with Crippen LogP contribution < -0.4 is 19.5 Å². The van der Waals surface area contributed by atoms with Crippen LogP contribution in [0.4, 0.5) is 0 Å².